The normalized spacial score (nSPS) is 14.0. The molecule has 1 atom stereocenters. The van der Waals surface area contributed by atoms with E-state index in [1.807, 2.05) is 42.5 Å². The second kappa shape index (κ2) is 11.6. The Morgan fingerprint density at radius 1 is 1.10 bits per heavy atom. The van der Waals surface area contributed by atoms with Crippen LogP contribution >= 0.6 is 0 Å². The molecule has 10 heteroatoms. The highest BCUT2D eigenvalue weighted by Gasteiger charge is 2.23. The Labute approximate surface area is 237 Å². The summed E-state index contributed by atoms with van der Waals surface area (Å²) < 4.78 is 18.9. The summed E-state index contributed by atoms with van der Waals surface area (Å²) in [5.74, 6) is 1.51. The van der Waals surface area contributed by atoms with Gasteiger partial charge < -0.3 is 24.6 Å². The van der Waals surface area contributed by atoms with E-state index >= 15 is 0 Å². The Bertz CT molecular complexity index is 1610. The lowest BCUT2D eigenvalue weighted by Gasteiger charge is -2.17. The van der Waals surface area contributed by atoms with E-state index in [-0.39, 0.29) is 19.1 Å². The van der Waals surface area contributed by atoms with Crippen molar-refractivity contribution in [3.63, 3.8) is 0 Å². The van der Waals surface area contributed by atoms with E-state index in [4.69, 9.17) is 30.9 Å². The summed E-state index contributed by atoms with van der Waals surface area (Å²) in [5.41, 5.74) is 4.98. The smallest absolute Gasteiger partial charge is 0.303 e. The zero-order valence-electron chi connectivity index (χ0n) is 22.4. The highest BCUT2D eigenvalue weighted by Crippen LogP contribution is 2.37. The molecule has 4 aromatic rings. The van der Waals surface area contributed by atoms with Crippen LogP contribution in [0, 0.1) is 6.57 Å². The van der Waals surface area contributed by atoms with E-state index < -0.39 is 5.97 Å². The maximum atomic E-state index is 11.8. The minimum absolute atomic E-state index is 0.0690. The van der Waals surface area contributed by atoms with Gasteiger partial charge in [-0.05, 0) is 60.7 Å². The SMILES string of the molecule is [C-]#[N+]c1ccc(-n2nc(CC(CC(=O)O)c3ccc4c(c3)OCO4)cc2OCCc2ccc3c(n2)NCCC3)cc1. The fourth-order valence-electron chi connectivity index (χ4n) is 5.17. The molecule has 0 saturated heterocycles. The van der Waals surface area contributed by atoms with E-state index in [1.54, 1.807) is 16.8 Å². The lowest BCUT2D eigenvalue weighted by Crippen LogP contribution is -2.14. The van der Waals surface area contributed by atoms with Crippen LogP contribution in [0.3, 0.4) is 0 Å². The van der Waals surface area contributed by atoms with Crippen LogP contribution in [0.4, 0.5) is 11.5 Å². The number of aryl methyl sites for hydroxylation is 1. The molecule has 0 fully saturated rings. The van der Waals surface area contributed by atoms with Gasteiger partial charge in [0, 0.05) is 30.6 Å². The molecule has 0 amide bonds. The third-order valence-corrected chi connectivity index (χ3v) is 7.26. The van der Waals surface area contributed by atoms with Gasteiger partial charge in [-0.25, -0.2) is 14.5 Å². The van der Waals surface area contributed by atoms with Crippen molar-refractivity contribution in [2.24, 2.45) is 0 Å². The number of carboxylic acid groups (broad SMARTS) is 1. The summed E-state index contributed by atoms with van der Waals surface area (Å²) in [4.78, 5) is 20.0. The average Bonchev–Trinajstić information content (AvgIpc) is 3.63. The summed E-state index contributed by atoms with van der Waals surface area (Å²) in [6.45, 7) is 8.73. The third-order valence-electron chi connectivity index (χ3n) is 7.26. The quantitative estimate of drug-likeness (QED) is 0.255. The number of hydrogen-bond donors (Lipinski definition) is 2. The van der Waals surface area contributed by atoms with E-state index in [9.17, 15) is 9.90 Å². The van der Waals surface area contributed by atoms with Crippen LogP contribution in [0.25, 0.3) is 10.5 Å². The van der Waals surface area contributed by atoms with Crippen LogP contribution in [-0.2, 0) is 24.1 Å². The number of carboxylic acids is 1. The summed E-state index contributed by atoms with van der Waals surface area (Å²) in [6, 6.07) is 18.7. The molecule has 2 aromatic carbocycles. The number of fused-ring (bicyclic) bond motifs is 2. The van der Waals surface area contributed by atoms with Crippen LogP contribution in [-0.4, -0.2) is 45.8 Å². The fourth-order valence-corrected chi connectivity index (χ4v) is 5.17. The lowest BCUT2D eigenvalue weighted by molar-refractivity contribution is -0.137. The van der Waals surface area contributed by atoms with Gasteiger partial charge in [-0.2, -0.15) is 5.10 Å². The predicted molar refractivity (Wildman–Crippen MR) is 151 cm³/mol. The molecule has 10 nitrogen and oxygen atoms in total. The van der Waals surface area contributed by atoms with Crippen molar-refractivity contribution in [2.75, 3.05) is 25.3 Å². The number of aromatic nitrogens is 3. The van der Waals surface area contributed by atoms with E-state index in [2.05, 4.69) is 16.2 Å². The number of hydrogen-bond acceptors (Lipinski definition) is 7. The largest absolute Gasteiger partial charge is 0.481 e. The summed E-state index contributed by atoms with van der Waals surface area (Å²) in [6.07, 6.45) is 3.08. The zero-order valence-corrected chi connectivity index (χ0v) is 22.4. The monoisotopic (exact) mass is 551 g/mol. The Hall–Kier alpha value is -5.04. The van der Waals surface area contributed by atoms with Crippen molar-refractivity contribution in [1.82, 2.24) is 14.8 Å². The molecule has 0 saturated carbocycles. The highest BCUT2D eigenvalue weighted by atomic mass is 16.7. The Morgan fingerprint density at radius 2 is 1.95 bits per heavy atom. The molecule has 2 N–H and O–H groups in total. The first-order valence-electron chi connectivity index (χ1n) is 13.6. The van der Waals surface area contributed by atoms with E-state index in [1.165, 1.54) is 5.56 Å². The van der Waals surface area contributed by atoms with Crippen molar-refractivity contribution in [3.8, 4) is 23.1 Å². The number of aliphatic carboxylic acids is 1. The standard InChI is InChI=1S/C31H29N5O5/c1-32-23-7-9-26(10-8-23)36-29(39-14-12-24-6-4-20-3-2-13-33-31(20)34-24)18-25(35-36)15-22(17-30(37)38)21-5-11-27-28(16-21)41-19-40-27/h4-11,16,18,22H,2-3,12-15,17,19H2,(H,33,34)(H,37,38). The van der Waals surface area contributed by atoms with Crippen molar-refractivity contribution >= 4 is 17.5 Å². The highest BCUT2D eigenvalue weighted by molar-refractivity contribution is 5.68. The van der Waals surface area contributed by atoms with Crippen molar-refractivity contribution in [2.45, 2.75) is 38.0 Å². The van der Waals surface area contributed by atoms with Gasteiger partial charge in [0.15, 0.2) is 17.2 Å². The lowest BCUT2D eigenvalue weighted by atomic mass is 9.91. The number of benzene rings is 2. The number of pyridine rings is 1. The first-order valence-corrected chi connectivity index (χ1v) is 13.6. The average molecular weight is 552 g/mol. The Morgan fingerprint density at radius 3 is 2.78 bits per heavy atom. The van der Waals surface area contributed by atoms with Gasteiger partial charge in [-0.15, -0.1) is 0 Å². The second-order valence-electron chi connectivity index (χ2n) is 10.1. The minimum atomic E-state index is -0.898. The number of ether oxygens (including phenoxy) is 3. The molecule has 0 bridgehead atoms. The van der Waals surface area contributed by atoms with Gasteiger partial charge in [-0.1, -0.05) is 24.3 Å². The Kier molecular flexibility index (Phi) is 7.41. The van der Waals surface area contributed by atoms with Gasteiger partial charge in [0.05, 0.1) is 31.0 Å². The molecular weight excluding hydrogens is 522 g/mol. The molecule has 0 aliphatic carbocycles. The molecule has 41 heavy (non-hydrogen) atoms. The molecule has 208 valence electrons. The maximum Gasteiger partial charge on any atom is 0.303 e. The maximum absolute atomic E-state index is 11.8. The number of nitrogens with one attached hydrogen (secondary N) is 1. The van der Waals surface area contributed by atoms with E-state index in [0.29, 0.717) is 48.2 Å². The van der Waals surface area contributed by atoms with Crippen LogP contribution in [0.1, 0.15) is 41.3 Å². The van der Waals surface area contributed by atoms with Gasteiger partial charge in [0.2, 0.25) is 12.7 Å². The van der Waals surface area contributed by atoms with E-state index in [0.717, 1.165) is 42.1 Å². The molecule has 6 rings (SSSR count). The van der Waals surface area contributed by atoms with Crippen LogP contribution in [0.15, 0.2) is 60.7 Å². The summed E-state index contributed by atoms with van der Waals surface area (Å²) in [5, 5.41) is 17.8. The number of anilines is 1. The van der Waals surface area contributed by atoms with Crippen molar-refractivity contribution in [1.29, 1.82) is 0 Å². The number of carbonyl (C=O) groups is 1. The molecular formula is C31H29N5O5. The predicted octanol–water partition coefficient (Wildman–Crippen LogP) is 5.33. The molecule has 1 unspecified atom stereocenters. The Balaban J connectivity index is 1.24. The van der Waals surface area contributed by atoms with Crippen molar-refractivity contribution in [3.05, 3.63) is 94.6 Å². The van der Waals surface area contributed by atoms with Gasteiger partial charge in [0.1, 0.15) is 5.82 Å². The topological polar surface area (TPSA) is 112 Å². The van der Waals surface area contributed by atoms with Gasteiger partial charge in [0.25, 0.3) is 0 Å². The minimum Gasteiger partial charge on any atom is -0.481 e. The molecule has 2 aliphatic rings. The van der Waals surface area contributed by atoms with Gasteiger partial charge in [-0.3, -0.25) is 4.79 Å². The molecule has 0 spiro atoms. The number of nitrogens with zero attached hydrogens (tertiary/aromatic N) is 4. The summed E-state index contributed by atoms with van der Waals surface area (Å²) >= 11 is 0. The fraction of sp³-hybridized carbons (Fsp3) is 0.290. The zero-order chi connectivity index (χ0) is 28.2. The molecule has 2 aromatic heterocycles. The molecule has 4 heterocycles. The molecule has 2 aliphatic heterocycles. The second-order valence-corrected chi connectivity index (χ2v) is 10.1. The number of rotatable bonds is 10. The first-order chi connectivity index (χ1) is 20.1. The first kappa shape index (κ1) is 26.2. The van der Waals surface area contributed by atoms with Gasteiger partial charge >= 0.3 is 5.97 Å². The third kappa shape index (κ3) is 5.94. The van der Waals surface area contributed by atoms with Crippen LogP contribution in [0.5, 0.6) is 17.4 Å². The van der Waals surface area contributed by atoms with Crippen molar-refractivity contribution < 1.29 is 24.1 Å². The molecule has 0 radical (unpaired) electrons. The van der Waals surface area contributed by atoms with Crippen LogP contribution in [0.2, 0.25) is 0 Å². The van der Waals surface area contributed by atoms with Crippen LogP contribution < -0.4 is 19.5 Å². The summed E-state index contributed by atoms with van der Waals surface area (Å²) in [7, 11) is 0.